The zero-order chi connectivity index (χ0) is 12.6. The molecule has 0 unspecified atom stereocenters. The van der Waals surface area contributed by atoms with Gasteiger partial charge in [0.1, 0.15) is 0 Å². The highest BCUT2D eigenvalue weighted by atomic mass is 16.6. The van der Waals surface area contributed by atoms with E-state index in [1.54, 1.807) is 0 Å². The maximum atomic E-state index is 5.44. The highest BCUT2D eigenvalue weighted by molar-refractivity contribution is 5.13. The Morgan fingerprint density at radius 2 is 2.06 bits per heavy atom. The smallest absolute Gasteiger partial charge is 0.0933 e. The maximum Gasteiger partial charge on any atom is 0.0933 e. The highest BCUT2D eigenvalue weighted by Gasteiger charge is 2.00. The molecule has 1 N–H and O–H groups in total. The molecule has 18 heavy (non-hydrogen) atoms. The lowest BCUT2D eigenvalue weighted by atomic mass is 10.2. The van der Waals surface area contributed by atoms with E-state index in [-0.39, 0.29) is 0 Å². The minimum absolute atomic E-state index is 0.572. The van der Waals surface area contributed by atoms with Gasteiger partial charge in [0.15, 0.2) is 0 Å². The van der Waals surface area contributed by atoms with Gasteiger partial charge < -0.3 is 0 Å². The molecule has 0 bridgehead atoms. The first-order valence-electron chi connectivity index (χ1n) is 6.29. The Kier molecular flexibility index (Phi) is 4.93. The summed E-state index contributed by atoms with van der Waals surface area (Å²) in [5.41, 5.74) is 5.28. The first-order chi connectivity index (χ1) is 8.90. The van der Waals surface area contributed by atoms with E-state index in [0.29, 0.717) is 13.2 Å². The minimum atomic E-state index is 0.572. The monoisotopic (exact) mass is 245 g/mol. The fourth-order valence-corrected chi connectivity index (χ4v) is 1.76. The third-order valence-corrected chi connectivity index (χ3v) is 2.68. The van der Waals surface area contributed by atoms with Crippen LogP contribution in [-0.4, -0.2) is 9.78 Å². The topological polar surface area (TPSA) is 39.1 Å². The summed E-state index contributed by atoms with van der Waals surface area (Å²) in [6.45, 7) is 4.34. The van der Waals surface area contributed by atoms with Gasteiger partial charge in [-0.3, -0.25) is 9.52 Å². The van der Waals surface area contributed by atoms with Gasteiger partial charge in [0.05, 0.1) is 18.8 Å². The molecule has 1 aromatic carbocycles. The van der Waals surface area contributed by atoms with Crippen molar-refractivity contribution in [3.8, 4) is 0 Å². The average molecular weight is 245 g/mol. The van der Waals surface area contributed by atoms with Crippen LogP contribution in [0.1, 0.15) is 24.6 Å². The van der Waals surface area contributed by atoms with Gasteiger partial charge in [-0.1, -0.05) is 37.3 Å². The fraction of sp³-hybridized carbons (Fsp3) is 0.357. The first-order valence-corrected chi connectivity index (χ1v) is 6.29. The summed E-state index contributed by atoms with van der Waals surface area (Å²) in [5, 5.41) is 4.26. The largest absolute Gasteiger partial charge is 0.297 e. The molecule has 4 nitrogen and oxygen atoms in total. The molecule has 1 heterocycles. The SMILES string of the molecule is CCCn1nccc1CNOCc1ccccc1. The van der Waals surface area contributed by atoms with E-state index in [1.165, 1.54) is 0 Å². The molecule has 0 amide bonds. The Morgan fingerprint density at radius 1 is 1.22 bits per heavy atom. The maximum absolute atomic E-state index is 5.44. The van der Waals surface area contributed by atoms with Crippen molar-refractivity contribution in [1.29, 1.82) is 0 Å². The van der Waals surface area contributed by atoms with Crippen LogP contribution < -0.4 is 5.48 Å². The zero-order valence-electron chi connectivity index (χ0n) is 10.7. The van der Waals surface area contributed by atoms with Crippen molar-refractivity contribution in [2.75, 3.05) is 0 Å². The third kappa shape index (κ3) is 3.68. The molecule has 0 spiro atoms. The van der Waals surface area contributed by atoms with Crippen LogP contribution in [0, 0.1) is 0 Å². The second-order valence-corrected chi connectivity index (χ2v) is 4.14. The molecular formula is C14H19N3O. The third-order valence-electron chi connectivity index (χ3n) is 2.68. The molecule has 2 aromatic rings. The van der Waals surface area contributed by atoms with Crippen molar-refractivity contribution in [1.82, 2.24) is 15.3 Å². The zero-order valence-corrected chi connectivity index (χ0v) is 10.7. The standard InChI is InChI=1S/C14H19N3O/c1-2-10-17-14(8-9-15-17)11-16-18-12-13-6-4-3-5-7-13/h3-9,16H,2,10-12H2,1H3. The molecule has 0 fully saturated rings. The van der Waals surface area contributed by atoms with Crippen LogP contribution in [0.15, 0.2) is 42.6 Å². The van der Waals surface area contributed by atoms with E-state index in [0.717, 1.165) is 24.2 Å². The molecule has 0 atom stereocenters. The van der Waals surface area contributed by atoms with Crippen molar-refractivity contribution in [3.05, 3.63) is 53.9 Å². The molecular weight excluding hydrogens is 226 g/mol. The molecule has 0 radical (unpaired) electrons. The van der Waals surface area contributed by atoms with E-state index in [9.17, 15) is 0 Å². The number of hydrogen-bond acceptors (Lipinski definition) is 3. The lowest BCUT2D eigenvalue weighted by Gasteiger charge is -2.08. The van der Waals surface area contributed by atoms with Crippen LogP contribution >= 0.6 is 0 Å². The fourth-order valence-electron chi connectivity index (χ4n) is 1.76. The number of aromatic nitrogens is 2. The normalized spacial score (nSPS) is 10.7. The predicted molar refractivity (Wildman–Crippen MR) is 70.6 cm³/mol. The Hall–Kier alpha value is -1.65. The Bertz CT molecular complexity index is 453. The quantitative estimate of drug-likeness (QED) is 0.602. The van der Waals surface area contributed by atoms with Gasteiger partial charge in [0.2, 0.25) is 0 Å². The molecule has 4 heteroatoms. The van der Waals surface area contributed by atoms with Crippen LogP contribution in [0.2, 0.25) is 0 Å². The van der Waals surface area contributed by atoms with Crippen molar-refractivity contribution in [3.63, 3.8) is 0 Å². The van der Waals surface area contributed by atoms with Crippen LogP contribution in [0.5, 0.6) is 0 Å². The summed E-state index contributed by atoms with van der Waals surface area (Å²) in [7, 11) is 0. The summed E-state index contributed by atoms with van der Waals surface area (Å²) in [6, 6.07) is 12.1. The van der Waals surface area contributed by atoms with Gasteiger partial charge in [-0.15, -0.1) is 0 Å². The highest BCUT2D eigenvalue weighted by Crippen LogP contribution is 2.02. The predicted octanol–water partition coefficient (Wildman–Crippen LogP) is 2.51. The lowest BCUT2D eigenvalue weighted by molar-refractivity contribution is 0.0221. The van der Waals surface area contributed by atoms with Crippen molar-refractivity contribution in [2.45, 2.75) is 33.0 Å². The van der Waals surface area contributed by atoms with Gasteiger partial charge in [-0.25, -0.2) is 0 Å². The molecule has 96 valence electrons. The summed E-state index contributed by atoms with van der Waals surface area (Å²) in [4.78, 5) is 5.44. The number of hydrogen-bond donors (Lipinski definition) is 1. The van der Waals surface area contributed by atoms with E-state index < -0.39 is 0 Å². The molecule has 0 aliphatic carbocycles. The molecule has 0 aliphatic heterocycles. The number of hydroxylamine groups is 1. The van der Waals surface area contributed by atoms with E-state index >= 15 is 0 Å². The van der Waals surface area contributed by atoms with Gasteiger partial charge >= 0.3 is 0 Å². The van der Waals surface area contributed by atoms with Crippen LogP contribution in [0.4, 0.5) is 0 Å². The van der Waals surface area contributed by atoms with Crippen LogP contribution in [0.25, 0.3) is 0 Å². The molecule has 1 aromatic heterocycles. The molecule has 0 saturated carbocycles. The molecule has 2 rings (SSSR count). The number of benzene rings is 1. The summed E-state index contributed by atoms with van der Waals surface area (Å²) < 4.78 is 2.00. The van der Waals surface area contributed by atoms with Gasteiger partial charge in [-0.05, 0) is 18.1 Å². The lowest BCUT2D eigenvalue weighted by Crippen LogP contribution is -2.17. The second kappa shape index (κ2) is 6.93. The second-order valence-electron chi connectivity index (χ2n) is 4.14. The number of nitrogens with one attached hydrogen (secondary N) is 1. The van der Waals surface area contributed by atoms with E-state index in [2.05, 4.69) is 17.5 Å². The van der Waals surface area contributed by atoms with E-state index in [1.807, 2.05) is 47.3 Å². The van der Waals surface area contributed by atoms with Crippen molar-refractivity contribution < 1.29 is 4.84 Å². The molecule has 0 saturated heterocycles. The average Bonchev–Trinajstić information content (AvgIpc) is 2.84. The van der Waals surface area contributed by atoms with Crippen LogP contribution in [-0.2, 0) is 24.5 Å². The number of aryl methyl sites for hydroxylation is 1. The number of nitrogens with zero attached hydrogens (tertiary/aromatic N) is 2. The van der Waals surface area contributed by atoms with Crippen molar-refractivity contribution in [2.24, 2.45) is 0 Å². The summed E-state index contributed by atoms with van der Waals surface area (Å²) >= 11 is 0. The first kappa shape index (κ1) is 12.8. The van der Waals surface area contributed by atoms with E-state index in [4.69, 9.17) is 4.84 Å². The van der Waals surface area contributed by atoms with Crippen molar-refractivity contribution >= 4 is 0 Å². The van der Waals surface area contributed by atoms with Crippen LogP contribution in [0.3, 0.4) is 0 Å². The Balaban J connectivity index is 1.73. The Labute approximate surface area is 108 Å². The summed E-state index contributed by atoms with van der Waals surface area (Å²) in [6.07, 6.45) is 2.91. The van der Waals surface area contributed by atoms with Gasteiger partial charge in [0, 0.05) is 12.7 Å². The molecule has 0 aliphatic rings. The van der Waals surface area contributed by atoms with Gasteiger partial charge in [0.25, 0.3) is 0 Å². The van der Waals surface area contributed by atoms with Gasteiger partial charge in [-0.2, -0.15) is 10.6 Å². The minimum Gasteiger partial charge on any atom is -0.297 e. The Morgan fingerprint density at radius 3 is 2.83 bits per heavy atom. The number of rotatable bonds is 7. The summed E-state index contributed by atoms with van der Waals surface area (Å²) in [5.74, 6) is 0.